The van der Waals surface area contributed by atoms with Gasteiger partial charge in [0.05, 0.1) is 12.6 Å². The molecule has 1 aliphatic heterocycles. The molecule has 3 N–H and O–H groups in total. The summed E-state index contributed by atoms with van der Waals surface area (Å²) in [6.07, 6.45) is 7.17. The Kier molecular flexibility index (Phi) is 3.55. The lowest BCUT2D eigenvalue weighted by molar-refractivity contribution is -0.689. The lowest BCUT2D eigenvalue weighted by Crippen LogP contribution is -2.91. The quantitative estimate of drug-likeness (QED) is 0.814. The molecule has 4 heteroatoms. The van der Waals surface area contributed by atoms with Crippen LogP contribution in [0.1, 0.15) is 32.1 Å². The Morgan fingerprint density at radius 1 is 1.19 bits per heavy atom. The van der Waals surface area contributed by atoms with Crippen molar-refractivity contribution in [3.05, 3.63) is 24.3 Å². The highest BCUT2D eigenvalue weighted by Crippen LogP contribution is 2.18. The molecule has 112 valence electrons. The Hall–Kier alpha value is -1.55. The average Bonchev–Trinajstić information content (AvgIpc) is 3.08. The van der Waals surface area contributed by atoms with Crippen LogP contribution >= 0.6 is 0 Å². The molecule has 1 saturated carbocycles. The van der Waals surface area contributed by atoms with Gasteiger partial charge in [0, 0.05) is 0 Å². The fraction of sp³-hybridized carbons (Fsp3) is 0.588. The summed E-state index contributed by atoms with van der Waals surface area (Å²) in [5, 5.41) is 2.59. The normalized spacial score (nSPS) is 19.3. The molecule has 1 aromatic heterocycles. The summed E-state index contributed by atoms with van der Waals surface area (Å²) in [5.41, 5.74) is 2.60. The zero-order valence-electron chi connectivity index (χ0n) is 12.7. The Bertz CT molecular complexity index is 612. The van der Waals surface area contributed by atoms with E-state index in [2.05, 4.69) is 44.0 Å². The van der Waals surface area contributed by atoms with Crippen molar-refractivity contribution < 1.29 is 9.88 Å². The van der Waals surface area contributed by atoms with Crippen molar-refractivity contribution in [1.29, 1.82) is 0 Å². The van der Waals surface area contributed by atoms with Crippen LogP contribution in [0.2, 0.25) is 0 Å². The number of para-hydroxylation sites is 2. The average molecular weight is 286 g/mol. The summed E-state index contributed by atoms with van der Waals surface area (Å²) in [6.45, 7) is 4.64. The number of benzene rings is 1. The molecular weight excluding hydrogens is 260 g/mol. The number of hydrogen-bond donors (Lipinski definition) is 2. The Balaban J connectivity index is 1.39. The van der Waals surface area contributed by atoms with Crippen LogP contribution in [0.3, 0.4) is 0 Å². The van der Waals surface area contributed by atoms with E-state index in [0.29, 0.717) is 0 Å². The summed E-state index contributed by atoms with van der Waals surface area (Å²) in [5.74, 6) is 1.30. The van der Waals surface area contributed by atoms with Gasteiger partial charge in [0.2, 0.25) is 0 Å². The Morgan fingerprint density at radius 2 is 2.05 bits per heavy atom. The molecule has 2 aromatic rings. The lowest BCUT2D eigenvalue weighted by Gasteiger charge is -2.20. The van der Waals surface area contributed by atoms with Crippen LogP contribution in [0.4, 0.5) is 5.95 Å². The molecule has 0 unspecified atom stereocenters. The SMILES string of the molecule is c1ccc2c(c1)[nH]c1[n+]2CCN1CC[NH2+]C1CCCCC1. The van der Waals surface area contributed by atoms with Gasteiger partial charge >= 0.3 is 5.95 Å². The number of aromatic nitrogens is 2. The van der Waals surface area contributed by atoms with Gasteiger partial charge in [-0.3, -0.25) is 4.90 Å². The van der Waals surface area contributed by atoms with E-state index in [1.807, 2.05) is 0 Å². The van der Waals surface area contributed by atoms with E-state index >= 15 is 0 Å². The van der Waals surface area contributed by atoms with E-state index in [9.17, 15) is 0 Å². The predicted molar refractivity (Wildman–Crippen MR) is 84.4 cm³/mol. The molecule has 4 nitrogen and oxygen atoms in total. The number of imidazole rings is 1. The van der Waals surface area contributed by atoms with Crippen LogP contribution in [0, 0.1) is 0 Å². The third kappa shape index (κ3) is 2.53. The van der Waals surface area contributed by atoms with Gasteiger partial charge in [-0.05, 0) is 37.8 Å². The van der Waals surface area contributed by atoms with E-state index < -0.39 is 0 Å². The number of nitrogens with two attached hydrogens (primary N) is 1. The standard InChI is InChI=1S/C17H24N4/c1-2-6-14(7-3-1)18-10-11-20-12-13-21-16-9-5-4-8-15(16)19-17(20)21/h4-5,8-9,14,18H,1-3,6-7,10-13H2/p+2. The van der Waals surface area contributed by atoms with E-state index in [1.165, 1.54) is 55.6 Å². The highest BCUT2D eigenvalue weighted by atomic mass is 15.4. The summed E-state index contributed by atoms with van der Waals surface area (Å²) < 4.78 is 2.43. The highest BCUT2D eigenvalue weighted by molar-refractivity contribution is 5.73. The van der Waals surface area contributed by atoms with Gasteiger partial charge in [0.25, 0.3) is 0 Å². The molecule has 0 amide bonds. The minimum atomic E-state index is 0.885. The predicted octanol–water partition coefficient (Wildman–Crippen LogP) is 1.17. The molecule has 2 aliphatic rings. The lowest BCUT2D eigenvalue weighted by atomic mass is 9.95. The molecule has 0 bridgehead atoms. The first-order valence-corrected chi connectivity index (χ1v) is 8.50. The third-order valence-electron chi connectivity index (χ3n) is 5.14. The summed E-state index contributed by atoms with van der Waals surface area (Å²) in [4.78, 5) is 6.10. The van der Waals surface area contributed by atoms with Crippen LogP contribution in [-0.2, 0) is 6.54 Å². The maximum absolute atomic E-state index is 3.59. The van der Waals surface area contributed by atoms with Crippen LogP contribution in [0.15, 0.2) is 24.3 Å². The van der Waals surface area contributed by atoms with Gasteiger partial charge in [-0.1, -0.05) is 18.6 Å². The fourth-order valence-corrected chi connectivity index (χ4v) is 3.97. The van der Waals surface area contributed by atoms with Gasteiger partial charge in [0.1, 0.15) is 30.7 Å². The van der Waals surface area contributed by atoms with Crippen molar-refractivity contribution in [1.82, 2.24) is 4.98 Å². The molecule has 21 heavy (non-hydrogen) atoms. The number of quaternary nitrogens is 1. The number of rotatable bonds is 4. The highest BCUT2D eigenvalue weighted by Gasteiger charge is 2.30. The molecule has 0 radical (unpaired) electrons. The second kappa shape index (κ2) is 5.68. The van der Waals surface area contributed by atoms with Crippen molar-refractivity contribution in [2.24, 2.45) is 0 Å². The van der Waals surface area contributed by atoms with Crippen LogP contribution in [0.5, 0.6) is 0 Å². The molecule has 0 saturated heterocycles. The molecular formula is C17H26N4+2. The van der Waals surface area contributed by atoms with Gasteiger partial charge in [-0.25, -0.2) is 9.55 Å². The monoisotopic (exact) mass is 286 g/mol. The minimum absolute atomic E-state index is 0.885. The van der Waals surface area contributed by atoms with Crippen LogP contribution in [-0.4, -0.2) is 30.7 Å². The Labute approximate surface area is 126 Å². The van der Waals surface area contributed by atoms with Gasteiger partial charge in [0.15, 0.2) is 0 Å². The molecule has 1 aliphatic carbocycles. The summed E-state index contributed by atoms with van der Waals surface area (Å²) in [7, 11) is 0. The van der Waals surface area contributed by atoms with Crippen molar-refractivity contribution >= 4 is 17.0 Å². The summed E-state index contributed by atoms with van der Waals surface area (Å²) in [6, 6.07) is 9.51. The number of nitrogens with zero attached hydrogens (tertiary/aromatic N) is 2. The van der Waals surface area contributed by atoms with E-state index in [4.69, 9.17) is 0 Å². The summed E-state index contributed by atoms with van der Waals surface area (Å²) >= 11 is 0. The first-order chi connectivity index (χ1) is 10.4. The van der Waals surface area contributed by atoms with Crippen molar-refractivity contribution in [3.63, 3.8) is 0 Å². The molecule has 1 fully saturated rings. The third-order valence-corrected chi connectivity index (χ3v) is 5.14. The number of fused-ring (bicyclic) bond motifs is 3. The van der Waals surface area contributed by atoms with Crippen molar-refractivity contribution in [3.8, 4) is 0 Å². The second-order valence-electron chi connectivity index (χ2n) is 6.53. The number of aromatic amines is 1. The van der Waals surface area contributed by atoms with Crippen molar-refractivity contribution in [2.75, 3.05) is 24.5 Å². The molecule has 0 spiro atoms. The maximum atomic E-state index is 3.59. The first kappa shape index (κ1) is 13.1. The number of anilines is 1. The van der Waals surface area contributed by atoms with Gasteiger partial charge in [-0.2, -0.15) is 0 Å². The van der Waals surface area contributed by atoms with Crippen LogP contribution < -0.4 is 14.8 Å². The Morgan fingerprint density at radius 3 is 2.95 bits per heavy atom. The van der Waals surface area contributed by atoms with E-state index in [0.717, 1.165) is 25.7 Å². The zero-order valence-corrected chi connectivity index (χ0v) is 12.7. The molecule has 4 rings (SSSR count). The van der Waals surface area contributed by atoms with Crippen LogP contribution in [0.25, 0.3) is 11.0 Å². The number of nitrogens with one attached hydrogen (secondary N) is 1. The van der Waals surface area contributed by atoms with Gasteiger partial charge in [-0.15, -0.1) is 0 Å². The fourth-order valence-electron chi connectivity index (χ4n) is 3.97. The smallest absolute Gasteiger partial charge is 0.341 e. The zero-order chi connectivity index (χ0) is 14.1. The minimum Gasteiger partial charge on any atom is -0.341 e. The number of H-pyrrole nitrogens is 1. The van der Waals surface area contributed by atoms with Gasteiger partial charge < -0.3 is 5.32 Å². The largest absolute Gasteiger partial charge is 0.358 e. The van der Waals surface area contributed by atoms with E-state index in [-0.39, 0.29) is 0 Å². The second-order valence-corrected chi connectivity index (χ2v) is 6.53. The van der Waals surface area contributed by atoms with E-state index in [1.54, 1.807) is 0 Å². The maximum Gasteiger partial charge on any atom is 0.358 e. The molecule has 0 atom stereocenters. The topological polar surface area (TPSA) is 39.5 Å². The van der Waals surface area contributed by atoms with Crippen molar-refractivity contribution in [2.45, 2.75) is 44.7 Å². The molecule has 2 heterocycles. The molecule has 1 aromatic carbocycles. The number of hydrogen-bond acceptors (Lipinski definition) is 1. The first-order valence-electron chi connectivity index (χ1n) is 8.50.